The monoisotopic (exact) mass is 477 g/mol. The van der Waals surface area contributed by atoms with Crippen LogP contribution >= 0.6 is 23.1 Å². The maximum absolute atomic E-state index is 13.3. The molecule has 9 heteroatoms. The predicted octanol–water partition coefficient (Wildman–Crippen LogP) is 4.59. The molecule has 0 bridgehead atoms. The lowest BCUT2D eigenvalue weighted by molar-refractivity contribution is 0.0950. The summed E-state index contributed by atoms with van der Waals surface area (Å²) in [6, 6.07) is 17.4. The molecular formula is C24H23N5O2S2. The van der Waals surface area contributed by atoms with Crippen LogP contribution in [0, 0.1) is 0 Å². The second-order valence-electron chi connectivity index (χ2n) is 7.98. The first kappa shape index (κ1) is 21.8. The number of amides is 1. The quantitative estimate of drug-likeness (QED) is 0.309. The fourth-order valence-corrected chi connectivity index (χ4v) is 5.90. The van der Waals surface area contributed by atoms with Gasteiger partial charge in [-0.25, -0.2) is 4.98 Å². The Balaban J connectivity index is 1.32. The first-order valence-corrected chi connectivity index (χ1v) is 12.8. The minimum absolute atomic E-state index is 0.0215. The van der Waals surface area contributed by atoms with E-state index in [0.717, 1.165) is 36.3 Å². The molecule has 4 aromatic rings. The smallest absolute Gasteiger partial charge is 0.282 e. The minimum atomic E-state index is -0.237. The molecule has 0 spiro atoms. The lowest BCUT2D eigenvalue weighted by atomic mass is 10.2. The second kappa shape index (κ2) is 9.84. The van der Waals surface area contributed by atoms with Gasteiger partial charge in [0.1, 0.15) is 5.01 Å². The second-order valence-corrected chi connectivity index (χ2v) is 9.99. The molecular weight excluding hydrogens is 454 g/mol. The van der Waals surface area contributed by atoms with Crippen molar-refractivity contribution < 1.29 is 4.79 Å². The van der Waals surface area contributed by atoms with E-state index in [9.17, 15) is 9.59 Å². The van der Waals surface area contributed by atoms with Crippen LogP contribution in [0.2, 0.25) is 0 Å². The Hall–Kier alpha value is -3.04. The number of carbonyl (C=O) groups excluding carboxylic acids is 1. The number of hydrogen-bond donors (Lipinski definition) is 1. The van der Waals surface area contributed by atoms with Crippen molar-refractivity contribution in [3.8, 4) is 0 Å². The number of hydrogen-bond acceptors (Lipinski definition) is 7. The van der Waals surface area contributed by atoms with E-state index in [4.69, 9.17) is 4.98 Å². The average Bonchev–Trinajstić information content (AvgIpc) is 3.55. The molecule has 7 nitrogen and oxygen atoms in total. The SMILES string of the molecule is O=C(NCc1ccccc1)c1nnc(CSc2nc3ccccc3c(=O)n2C2CCCC2)s1. The van der Waals surface area contributed by atoms with E-state index in [1.807, 2.05) is 59.2 Å². The van der Waals surface area contributed by atoms with E-state index < -0.39 is 0 Å². The van der Waals surface area contributed by atoms with Gasteiger partial charge in [0, 0.05) is 12.6 Å². The van der Waals surface area contributed by atoms with Crippen molar-refractivity contribution in [2.45, 2.75) is 49.2 Å². The highest BCUT2D eigenvalue weighted by Crippen LogP contribution is 2.33. The maximum atomic E-state index is 13.3. The Morgan fingerprint density at radius 2 is 1.82 bits per heavy atom. The summed E-state index contributed by atoms with van der Waals surface area (Å²) in [7, 11) is 0. The van der Waals surface area contributed by atoms with Crippen molar-refractivity contribution >= 4 is 39.9 Å². The number of rotatable bonds is 7. The third-order valence-electron chi connectivity index (χ3n) is 5.75. The van der Waals surface area contributed by atoms with Gasteiger partial charge in [0.25, 0.3) is 11.5 Å². The molecule has 1 aliphatic carbocycles. The van der Waals surface area contributed by atoms with E-state index >= 15 is 0 Å². The molecule has 1 amide bonds. The van der Waals surface area contributed by atoms with Gasteiger partial charge >= 0.3 is 0 Å². The summed E-state index contributed by atoms with van der Waals surface area (Å²) >= 11 is 2.75. The zero-order valence-electron chi connectivity index (χ0n) is 17.9. The minimum Gasteiger partial charge on any atom is -0.346 e. The number of carbonyl (C=O) groups is 1. The molecule has 0 atom stereocenters. The van der Waals surface area contributed by atoms with Crippen LogP contribution in [-0.4, -0.2) is 25.7 Å². The first-order chi connectivity index (χ1) is 16.2. The van der Waals surface area contributed by atoms with Crippen LogP contribution in [0.4, 0.5) is 0 Å². The molecule has 2 heterocycles. The van der Waals surface area contributed by atoms with E-state index in [1.165, 1.54) is 23.1 Å². The third kappa shape index (κ3) is 4.84. The van der Waals surface area contributed by atoms with Crippen LogP contribution in [0.3, 0.4) is 0 Å². The van der Waals surface area contributed by atoms with Crippen LogP contribution in [0.25, 0.3) is 10.9 Å². The van der Waals surface area contributed by atoms with Gasteiger partial charge in [0.05, 0.1) is 16.7 Å². The molecule has 1 fully saturated rings. The van der Waals surface area contributed by atoms with Gasteiger partial charge in [-0.3, -0.25) is 14.2 Å². The van der Waals surface area contributed by atoms with Crippen molar-refractivity contribution in [1.29, 1.82) is 0 Å². The number of thioether (sulfide) groups is 1. The van der Waals surface area contributed by atoms with Gasteiger partial charge in [-0.2, -0.15) is 0 Å². The van der Waals surface area contributed by atoms with Crippen molar-refractivity contribution in [3.63, 3.8) is 0 Å². The molecule has 33 heavy (non-hydrogen) atoms. The van der Waals surface area contributed by atoms with Gasteiger partial charge in [0.2, 0.25) is 5.01 Å². The summed E-state index contributed by atoms with van der Waals surface area (Å²) < 4.78 is 1.87. The highest BCUT2D eigenvalue weighted by molar-refractivity contribution is 7.98. The zero-order chi connectivity index (χ0) is 22.6. The summed E-state index contributed by atoms with van der Waals surface area (Å²) in [5.74, 6) is 0.264. The van der Waals surface area contributed by atoms with E-state index in [2.05, 4.69) is 15.5 Å². The van der Waals surface area contributed by atoms with Gasteiger partial charge in [0.15, 0.2) is 5.16 Å². The summed E-state index contributed by atoms with van der Waals surface area (Å²) in [6.07, 6.45) is 4.26. The van der Waals surface area contributed by atoms with E-state index in [-0.39, 0.29) is 17.5 Å². The summed E-state index contributed by atoms with van der Waals surface area (Å²) in [5, 5.41) is 13.6. The lowest BCUT2D eigenvalue weighted by Gasteiger charge is -2.18. The molecule has 5 rings (SSSR count). The fourth-order valence-electron chi connectivity index (χ4n) is 4.10. The predicted molar refractivity (Wildman–Crippen MR) is 131 cm³/mol. The molecule has 2 aromatic carbocycles. The molecule has 1 saturated carbocycles. The van der Waals surface area contributed by atoms with Crippen LogP contribution in [0.1, 0.15) is 52.1 Å². The zero-order valence-corrected chi connectivity index (χ0v) is 19.6. The molecule has 168 valence electrons. The number of para-hydroxylation sites is 1. The van der Waals surface area contributed by atoms with Crippen molar-refractivity contribution in [3.05, 3.63) is 80.5 Å². The van der Waals surface area contributed by atoms with Gasteiger partial charge in [-0.05, 0) is 30.5 Å². The molecule has 1 aliphatic rings. The number of nitrogens with zero attached hydrogens (tertiary/aromatic N) is 4. The average molecular weight is 478 g/mol. The van der Waals surface area contributed by atoms with Crippen LogP contribution in [-0.2, 0) is 12.3 Å². The standard InChI is InChI=1S/C24H23N5O2S2/c30-21(25-14-16-8-2-1-3-9-16)22-28-27-20(33-22)15-32-24-26-19-13-7-6-12-18(19)23(31)29(24)17-10-4-5-11-17/h1-3,6-9,12-13,17H,4-5,10-11,14-15H2,(H,25,30). The fraction of sp³-hybridized carbons (Fsp3) is 0.292. The Kier molecular flexibility index (Phi) is 6.50. The summed E-state index contributed by atoms with van der Waals surface area (Å²) in [6.45, 7) is 0.442. The van der Waals surface area contributed by atoms with Crippen LogP contribution < -0.4 is 10.9 Å². The summed E-state index contributed by atoms with van der Waals surface area (Å²) in [5.41, 5.74) is 1.75. The van der Waals surface area contributed by atoms with Gasteiger partial charge < -0.3 is 5.32 Å². The normalized spacial score (nSPS) is 14.1. The molecule has 0 aliphatic heterocycles. The number of fused-ring (bicyclic) bond motifs is 1. The molecule has 0 radical (unpaired) electrons. The highest BCUT2D eigenvalue weighted by atomic mass is 32.2. The largest absolute Gasteiger partial charge is 0.346 e. The van der Waals surface area contributed by atoms with Crippen molar-refractivity contribution in [2.75, 3.05) is 0 Å². The molecule has 0 unspecified atom stereocenters. The van der Waals surface area contributed by atoms with E-state index in [1.54, 1.807) is 0 Å². The number of aromatic nitrogens is 4. The van der Waals surface area contributed by atoms with Crippen LogP contribution in [0.15, 0.2) is 64.5 Å². The van der Waals surface area contributed by atoms with Crippen LogP contribution in [0.5, 0.6) is 0 Å². The Morgan fingerprint density at radius 3 is 2.64 bits per heavy atom. The Morgan fingerprint density at radius 1 is 1.06 bits per heavy atom. The lowest BCUT2D eigenvalue weighted by Crippen LogP contribution is -2.26. The topological polar surface area (TPSA) is 89.8 Å². The summed E-state index contributed by atoms with van der Waals surface area (Å²) in [4.78, 5) is 30.5. The van der Waals surface area contributed by atoms with Crippen molar-refractivity contribution in [1.82, 2.24) is 25.1 Å². The van der Waals surface area contributed by atoms with Gasteiger partial charge in [-0.1, -0.05) is 78.4 Å². The first-order valence-electron chi connectivity index (χ1n) is 11.0. The Bertz CT molecular complexity index is 1330. The Labute approximate surface area is 199 Å². The molecule has 2 aromatic heterocycles. The van der Waals surface area contributed by atoms with Gasteiger partial charge in [-0.15, -0.1) is 10.2 Å². The maximum Gasteiger partial charge on any atom is 0.282 e. The molecule has 1 N–H and O–H groups in total. The third-order valence-corrected chi connectivity index (χ3v) is 7.82. The highest BCUT2D eigenvalue weighted by Gasteiger charge is 2.23. The van der Waals surface area contributed by atoms with Crippen molar-refractivity contribution in [2.24, 2.45) is 0 Å². The van der Waals surface area contributed by atoms with E-state index in [0.29, 0.717) is 33.4 Å². The molecule has 0 saturated heterocycles. The number of nitrogens with one attached hydrogen (secondary N) is 1. The number of benzene rings is 2.